The molecule has 2 amide bonds. The van der Waals surface area contributed by atoms with Crippen LogP contribution in [0.25, 0.3) is 0 Å². The Morgan fingerprint density at radius 3 is 1.61 bits per heavy atom. The minimum Gasteiger partial charge on any atom is -0.459 e. The predicted octanol–water partition coefficient (Wildman–Crippen LogP) is 5.29. The van der Waals surface area contributed by atoms with E-state index < -0.39 is 23.7 Å². The average molecular weight is 517 g/mol. The first-order valence-electron chi connectivity index (χ1n) is 12.3. The molecule has 0 fully saturated rings. The number of carbonyl (C=O) groups is 3. The summed E-state index contributed by atoms with van der Waals surface area (Å²) in [6, 6.07) is 27.7. The maximum atomic E-state index is 13.2. The Kier molecular flexibility index (Phi) is 10.9. The van der Waals surface area contributed by atoms with E-state index in [0.717, 1.165) is 16.7 Å². The summed E-state index contributed by atoms with van der Waals surface area (Å²) in [5.41, 5.74) is 0.913. The van der Waals surface area contributed by atoms with E-state index in [1.54, 1.807) is 0 Å². The van der Waals surface area contributed by atoms with Gasteiger partial charge in [0.15, 0.2) is 5.54 Å². The van der Waals surface area contributed by atoms with Crippen molar-refractivity contribution in [2.75, 3.05) is 6.54 Å². The van der Waals surface area contributed by atoms with Gasteiger partial charge in [-0.3, -0.25) is 0 Å². The number of alkyl carbamates (subject to hydrolysis) is 2. The van der Waals surface area contributed by atoms with E-state index in [0.29, 0.717) is 6.42 Å². The lowest BCUT2D eigenvalue weighted by atomic mass is 9.93. The Morgan fingerprint density at radius 1 is 0.684 bits per heavy atom. The highest BCUT2D eigenvalue weighted by Crippen LogP contribution is 2.19. The summed E-state index contributed by atoms with van der Waals surface area (Å²) < 4.78 is 16.1. The van der Waals surface area contributed by atoms with Gasteiger partial charge in [-0.1, -0.05) is 97.1 Å². The number of ether oxygens (including phenoxy) is 3. The molecule has 2 N–H and O–H groups in total. The highest BCUT2D eigenvalue weighted by atomic mass is 16.6. The number of esters is 1. The quantitative estimate of drug-likeness (QED) is 0.139. The molecule has 3 aromatic carbocycles. The van der Waals surface area contributed by atoms with Crippen LogP contribution in [0, 0.1) is 0 Å². The second kappa shape index (κ2) is 14.8. The zero-order valence-corrected chi connectivity index (χ0v) is 21.1. The average Bonchev–Trinajstić information content (AvgIpc) is 2.97. The molecule has 0 aromatic heterocycles. The Balaban J connectivity index is 1.56. The Bertz CT molecular complexity index is 1170. The van der Waals surface area contributed by atoms with E-state index in [1.807, 2.05) is 91.0 Å². The Hall–Kier alpha value is -4.59. The number of carbonyl (C=O) groups excluding carboxylic acids is 3. The first kappa shape index (κ1) is 28.0. The van der Waals surface area contributed by atoms with Crippen LogP contribution in [0.3, 0.4) is 0 Å². The number of rotatable bonds is 13. The van der Waals surface area contributed by atoms with E-state index in [4.69, 9.17) is 14.2 Å². The van der Waals surface area contributed by atoms with Crippen molar-refractivity contribution in [1.82, 2.24) is 10.6 Å². The van der Waals surface area contributed by atoms with E-state index in [-0.39, 0.29) is 32.8 Å². The minimum atomic E-state index is -1.56. The van der Waals surface area contributed by atoms with Crippen LogP contribution in [0.2, 0.25) is 0 Å². The normalized spacial score (nSPS) is 11.9. The van der Waals surface area contributed by atoms with Gasteiger partial charge in [0.25, 0.3) is 0 Å². The molecule has 0 saturated carbocycles. The van der Waals surface area contributed by atoms with E-state index in [1.165, 1.54) is 6.08 Å². The molecule has 0 spiro atoms. The van der Waals surface area contributed by atoms with Crippen LogP contribution in [0.15, 0.2) is 104 Å². The molecule has 1 atom stereocenters. The van der Waals surface area contributed by atoms with Crippen molar-refractivity contribution < 1.29 is 28.6 Å². The van der Waals surface area contributed by atoms with Crippen LogP contribution >= 0.6 is 0 Å². The molecule has 3 aromatic rings. The van der Waals surface area contributed by atoms with Crippen molar-refractivity contribution in [3.8, 4) is 0 Å². The molecule has 1 unspecified atom stereocenters. The van der Waals surface area contributed by atoms with Gasteiger partial charge in [-0.05, 0) is 29.5 Å². The maximum absolute atomic E-state index is 13.2. The summed E-state index contributed by atoms with van der Waals surface area (Å²) in [5, 5.41) is 5.28. The smallest absolute Gasteiger partial charge is 0.408 e. The van der Waals surface area contributed by atoms with Gasteiger partial charge in [0, 0.05) is 6.54 Å². The first-order valence-corrected chi connectivity index (χ1v) is 12.3. The van der Waals surface area contributed by atoms with Crippen LogP contribution in [0.1, 0.15) is 29.5 Å². The van der Waals surface area contributed by atoms with Crippen molar-refractivity contribution >= 4 is 18.2 Å². The largest absolute Gasteiger partial charge is 0.459 e. The standard InChI is InChI=1S/C30H32N2O6/c1-2-30(27(33)36-21-24-13-6-3-7-14-24,32-29(35)38-23-26-17-10-5-11-18-26)19-12-20-31-28(34)37-22-25-15-8-4-9-16-25/h2-11,13-18H,1,12,19-23H2,(H,31,34)(H,32,35). The number of hydrogen-bond donors (Lipinski definition) is 2. The molecular weight excluding hydrogens is 484 g/mol. The molecule has 8 heteroatoms. The molecule has 0 aliphatic rings. The lowest BCUT2D eigenvalue weighted by Crippen LogP contribution is -2.54. The van der Waals surface area contributed by atoms with Crippen molar-refractivity contribution in [3.05, 3.63) is 120 Å². The summed E-state index contributed by atoms with van der Waals surface area (Å²) >= 11 is 0. The molecule has 3 rings (SSSR count). The van der Waals surface area contributed by atoms with Gasteiger partial charge >= 0.3 is 18.2 Å². The zero-order chi connectivity index (χ0) is 27.1. The molecular formula is C30H32N2O6. The number of benzene rings is 3. The highest BCUT2D eigenvalue weighted by molar-refractivity contribution is 5.88. The second-order valence-corrected chi connectivity index (χ2v) is 8.52. The first-order chi connectivity index (χ1) is 18.5. The van der Waals surface area contributed by atoms with Gasteiger partial charge in [-0.2, -0.15) is 0 Å². The summed E-state index contributed by atoms with van der Waals surface area (Å²) in [4.78, 5) is 37.9. The van der Waals surface area contributed by atoms with Crippen LogP contribution < -0.4 is 10.6 Å². The molecule has 0 radical (unpaired) electrons. The molecule has 198 valence electrons. The summed E-state index contributed by atoms with van der Waals surface area (Å²) in [6.07, 6.45) is 0.397. The van der Waals surface area contributed by atoms with Gasteiger partial charge in [-0.15, -0.1) is 6.58 Å². The highest BCUT2D eigenvalue weighted by Gasteiger charge is 2.39. The monoisotopic (exact) mass is 516 g/mol. The fraction of sp³-hybridized carbons (Fsp3) is 0.233. The molecule has 0 aliphatic heterocycles. The summed E-state index contributed by atoms with van der Waals surface area (Å²) in [5.74, 6) is -0.681. The van der Waals surface area contributed by atoms with Crippen LogP contribution in [-0.2, 0) is 38.8 Å². The van der Waals surface area contributed by atoms with E-state index in [2.05, 4.69) is 17.2 Å². The van der Waals surface area contributed by atoms with Crippen molar-refractivity contribution in [1.29, 1.82) is 0 Å². The number of hydrogen-bond acceptors (Lipinski definition) is 6. The topological polar surface area (TPSA) is 103 Å². The Labute approximate surface area is 222 Å². The number of nitrogens with one attached hydrogen (secondary N) is 2. The van der Waals surface area contributed by atoms with Gasteiger partial charge in [0.2, 0.25) is 0 Å². The number of amides is 2. The summed E-state index contributed by atoms with van der Waals surface area (Å²) in [6.45, 7) is 4.18. The van der Waals surface area contributed by atoms with Gasteiger partial charge in [0.1, 0.15) is 19.8 Å². The lowest BCUT2D eigenvalue weighted by Gasteiger charge is -2.29. The Morgan fingerprint density at radius 2 is 1.13 bits per heavy atom. The molecule has 0 aliphatic carbocycles. The van der Waals surface area contributed by atoms with Crippen molar-refractivity contribution in [3.63, 3.8) is 0 Å². The maximum Gasteiger partial charge on any atom is 0.408 e. The van der Waals surface area contributed by atoms with Crippen LogP contribution in [-0.4, -0.2) is 30.2 Å². The van der Waals surface area contributed by atoms with Gasteiger partial charge < -0.3 is 24.8 Å². The minimum absolute atomic E-state index is 0.0278. The lowest BCUT2D eigenvalue weighted by molar-refractivity contribution is -0.151. The molecule has 0 bridgehead atoms. The third kappa shape index (κ3) is 9.13. The van der Waals surface area contributed by atoms with Crippen molar-refractivity contribution in [2.24, 2.45) is 0 Å². The molecule has 0 heterocycles. The van der Waals surface area contributed by atoms with Crippen molar-refractivity contribution in [2.45, 2.75) is 38.2 Å². The fourth-order valence-electron chi connectivity index (χ4n) is 3.58. The predicted molar refractivity (Wildman–Crippen MR) is 143 cm³/mol. The zero-order valence-electron chi connectivity index (χ0n) is 21.1. The van der Waals surface area contributed by atoms with E-state index in [9.17, 15) is 14.4 Å². The third-order valence-corrected chi connectivity index (χ3v) is 5.69. The van der Waals surface area contributed by atoms with Gasteiger partial charge in [-0.25, -0.2) is 14.4 Å². The molecule has 8 nitrogen and oxygen atoms in total. The SMILES string of the molecule is C=CC(CCCNC(=O)OCc1ccccc1)(NC(=O)OCc1ccccc1)C(=O)OCc1ccccc1. The van der Waals surface area contributed by atoms with Crippen LogP contribution in [0.5, 0.6) is 0 Å². The molecule has 38 heavy (non-hydrogen) atoms. The van der Waals surface area contributed by atoms with E-state index >= 15 is 0 Å². The van der Waals surface area contributed by atoms with Gasteiger partial charge in [0.05, 0.1) is 0 Å². The van der Waals surface area contributed by atoms with Crippen LogP contribution in [0.4, 0.5) is 9.59 Å². The summed E-state index contributed by atoms with van der Waals surface area (Å²) in [7, 11) is 0. The second-order valence-electron chi connectivity index (χ2n) is 8.52. The third-order valence-electron chi connectivity index (χ3n) is 5.69. The fourth-order valence-corrected chi connectivity index (χ4v) is 3.58. The molecule has 0 saturated heterocycles.